The first-order chi connectivity index (χ1) is 11.5. The standard InChI is InChI=1S/C16H15Cl2N3O2S/c17-11-3-1-10(12(18)9-11)2-4-13(22)14-15(19)20-16(24-14)21-5-7-23-8-6-21/h1-4,9H,5-8,19H2/b4-2+. The summed E-state index contributed by atoms with van der Waals surface area (Å²) in [4.78, 5) is 19.2. The molecule has 0 radical (unpaired) electrons. The van der Waals surface area contributed by atoms with Crippen LogP contribution in [0.15, 0.2) is 24.3 Å². The maximum absolute atomic E-state index is 12.4. The third kappa shape index (κ3) is 3.89. The van der Waals surface area contributed by atoms with E-state index in [1.165, 1.54) is 17.4 Å². The lowest BCUT2D eigenvalue weighted by atomic mass is 10.2. The number of thiazole rings is 1. The molecule has 3 rings (SSSR count). The number of anilines is 2. The van der Waals surface area contributed by atoms with Crippen LogP contribution in [0, 0.1) is 0 Å². The summed E-state index contributed by atoms with van der Waals surface area (Å²) in [7, 11) is 0. The highest BCUT2D eigenvalue weighted by atomic mass is 35.5. The second-order valence-corrected chi connectivity index (χ2v) is 6.99. The van der Waals surface area contributed by atoms with Crippen molar-refractivity contribution < 1.29 is 9.53 Å². The number of hydrogen-bond acceptors (Lipinski definition) is 6. The van der Waals surface area contributed by atoms with Crippen LogP contribution in [-0.2, 0) is 4.74 Å². The highest BCUT2D eigenvalue weighted by molar-refractivity contribution is 7.18. The van der Waals surface area contributed by atoms with Crippen molar-refractivity contribution in [1.29, 1.82) is 0 Å². The fraction of sp³-hybridized carbons (Fsp3) is 0.250. The van der Waals surface area contributed by atoms with Crippen LogP contribution in [0.4, 0.5) is 10.9 Å². The second-order valence-electron chi connectivity index (χ2n) is 5.17. The number of ether oxygens (including phenoxy) is 1. The van der Waals surface area contributed by atoms with Crippen molar-refractivity contribution in [1.82, 2.24) is 4.98 Å². The first kappa shape index (κ1) is 17.2. The summed E-state index contributed by atoms with van der Waals surface area (Å²) in [5, 5.41) is 1.78. The molecule has 0 unspecified atom stereocenters. The zero-order valence-corrected chi connectivity index (χ0v) is 15.0. The fourth-order valence-corrected chi connectivity index (χ4v) is 3.69. The molecule has 0 bridgehead atoms. The van der Waals surface area contributed by atoms with E-state index in [9.17, 15) is 4.79 Å². The smallest absolute Gasteiger partial charge is 0.199 e. The molecule has 0 amide bonds. The van der Waals surface area contributed by atoms with Crippen LogP contribution in [0.2, 0.25) is 10.0 Å². The summed E-state index contributed by atoms with van der Waals surface area (Å²) in [6.45, 7) is 2.79. The molecule has 5 nitrogen and oxygen atoms in total. The molecule has 126 valence electrons. The Morgan fingerprint density at radius 3 is 2.79 bits per heavy atom. The summed E-state index contributed by atoms with van der Waals surface area (Å²) in [6.07, 6.45) is 3.09. The topological polar surface area (TPSA) is 68.4 Å². The Hall–Kier alpha value is -1.60. The molecule has 1 aliphatic rings. The van der Waals surface area contributed by atoms with E-state index in [-0.39, 0.29) is 11.6 Å². The average Bonchev–Trinajstić information content (AvgIpc) is 2.96. The lowest BCUT2D eigenvalue weighted by Gasteiger charge is -2.25. The zero-order valence-electron chi connectivity index (χ0n) is 12.7. The number of aromatic nitrogens is 1. The Morgan fingerprint density at radius 1 is 1.33 bits per heavy atom. The largest absolute Gasteiger partial charge is 0.382 e. The van der Waals surface area contributed by atoms with E-state index in [1.807, 2.05) is 0 Å². The molecule has 1 aliphatic heterocycles. The van der Waals surface area contributed by atoms with Crippen LogP contribution in [-0.4, -0.2) is 37.1 Å². The van der Waals surface area contributed by atoms with E-state index in [1.54, 1.807) is 24.3 Å². The summed E-state index contributed by atoms with van der Waals surface area (Å²) in [6, 6.07) is 5.10. The van der Waals surface area contributed by atoms with Gasteiger partial charge in [-0.15, -0.1) is 0 Å². The van der Waals surface area contributed by atoms with E-state index in [0.29, 0.717) is 33.7 Å². The van der Waals surface area contributed by atoms with Gasteiger partial charge in [0, 0.05) is 23.1 Å². The van der Waals surface area contributed by atoms with Gasteiger partial charge in [0.1, 0.15) is 10.7 Å². The zero-order chi connectivity index (χ0) is 17.1. The first-order valence-corrected chi connectivity index (χ1v) is 8.88. The van der Waals surface area contributed by atoms with Crippen LogP contribution in [0.5, 0.6) is 0 Å². The lowest BCUT2D eigenvalue weighted by Crippen LogP contribution is -2.36. The highest BCUT2D eigenvalue weighted by Crippen LogP contribution is 2.30. The molecule has 2 N–H and O–H groups in total. The SMILES string of the molecule is Nc1nc(N2CCOCC2)sc1C(=O)/C=C/c1ccc(Cl)cc1Cl. The van der Waals surface area contributed by atoms with Gasteiger partial charge in [0.05, 0.1) is 13.2 Å². The van der Waals surface area contributed by atoms with E-state index in [2.05, 4.69) is 9.88 Å². The quantitative estimate of drug-likeness (QED) is 0.642. The molecule has 0 atom stereocenters. The summed E-state index contributed by atoms with van der Waals surface area (Å²) >= 11 is 13.3. The van der Waals surface area contributed by atoms with Gasteiger partial charge in [-0.1, -0.05) is 40.6 Å². The van der Waals surface area contributed by atoms with Crippen molar-refractivity contribution in [2.45, 2.75) is 0 Å². The van der Waals surface area contributed by atoms with Gasteiger partial charge in [0.2, 0.25) is 0 Å². The van der Waals surface area contributed by atoms with Crippen molar-refractivity contribution >= 4 is 57.3 Å². The fourth-order valence-electron chi connectivity index (χ4n) is 2.26. The predicted molar refractivity (Wildman–Crippen MR) is 99.4 cm³/mol. The molecular weight excluding hydrogens is 369 g/mol. The van der Waals surface area contributed by atoms with Crippen molar-refractivity contribution in [3.05, 3.63) is 44.8 Å². The molecule has 8 heteroatoms. The number of carbonyl (C=O) groups is 1. The number of nitrogens with zero attached hydrogens (tertiary/aromatic N) is 2. The number of halogens is 2. The van der Waals surface area contributed by atoms with Gasteiger partial charge in [-0.25, -0.2) is 4.98 Å². The van der Waals surface area contributed by atoms with Crippen LogP contribution in [0.1, 0.15) is 15.2 Å². The van der Waals surface area contributed by atoms with Crippen molar-refractivity contribution in [2.24, 2.45) is 0 Å². The number of allylic oxidation sites excluding steroid dienone is 1. The van der Waals surface area contributed by atoms with Gasteiger partial charge >= 0.3 is 0 Å². The van der Waals surface area contributed by atoms with Gasteiger partial charge in [0.25, 0.3) is 0 Å². The Bertz CT molecular complexity index is 786. The van der Waals surface area contributed by atoms with Crippen LogP contribution in [0.25, 0.3) is 6.08 Å². The van der Waals surface area contributed by atoms with Gasteiger partial charge < -0.3 is 15.4 Å². The van der Waals surface area contributed by atoms with Crippen molar-refractivity contribution in [3.8, 4) is 0 Å². The molecule has 2 heterocycles. The summed E-state index contributed by atoms with van der Waals surface area (Å²) < 4.78 is 5.32. The third-order valence-electron chi connectivity index (χ3n) is 3.52. The van der Waals surface area contributed by atoms with E-state index >= 15 is 0 Å². The minimum absolute atomic E-state index is 0.199. The van der Waals surface area contributed by atoms with Crippen LogP contribution in [0.3, 0.4) is 0 Å². The highest BCUT2D eigenvalue weighted by Gasteiger charge is 2.19. The molecule has 1 aromatic heterocycles. The molecule has 0 spiro atoms. The molecule has 2 aromatic rings. The molecule has 1 saturated heterocycles. The Balaban J connectivity index is 1.77. The number of carbonyl (C=O) groups excluding carboxylic acids is 1. The Labute approximate surface area is 153 Å². The second kappa shape index (κ2) is 7.53. The van der Waals surface area contributed by atoms with Crippen LogP contribution < -0.4 is 10.6 Å². The summed E-state index contributed by atoms with van der Waals surface area (Å²) in [5.41, 5.74) is 6.62. The number of hydrogen-bond donors (Lipinski definition) is 1. The Morgan fingerprint density at radius 2 is 2.08 bits per heavy atom. The molecule has 0 saturated carbocycles. The number of ketones is 1. The predicted octanol–water partition coefficient (Wildman–Crippen LogP) is 3.76. The molecule has 1 aromatic carbocycles. The molecule has 0 aliphatic carbocycles. The number of nitrogen functional groups attached to an aromatic ring is 1. The van der Waals surface area contributed by atoms with Gasteiger partial charge in [-0.05, 0) is 29.8 Å². The first-order valence-electron chi connectivity index (χ1n) is 7.31. The van der Waals surface area contributed by atoms with Crippen molar-refractivity contribution in [3.63, 3.8) is 0 Å². The van der Waals surface area contributed by atoms with Crippen LogP contribution >= 0.6 is 34.5 Å². The van der Waals surface area contributed by atoms with E-state index in [4.69, 9.17) is 33.7 Å². The maximum Gasteiger partial charge on any atom is 0.199 e. The van der Waals surface area contributed by atoms with Gasteiger partial charge in [0.15, 0.2) is 10.9 Å². The minimum Gasteiger partial charge on any atom is -0.382 e. The Kier molecular flexibility index (Phi) is 5.40. The average molecular weight is 384 g/mol. The normalized spacial score (nSPS) is 15.2. The lowest BCUT2D eigenvalue weighted by molar-refractivity contribution is 0.105. The number of nitrogens with two attached hydrogens (primary N) is 1. The van der Waals surface area contributed by atoms with E-state index in [0.717, 1.165) is 18.2 Å². The maximum atomic E-state index is 12.4. The molecule has 24 heavy (non-hydrogen) atoms. The molecular formula is C16H15Cl2N3O2S. The number of morpholine rings is 1. The van der Waals surface area contributed by atoms with E-state index < -0.39 is 0 Å². The number of rotatable bonds is 4. The minimum atomic E-state index is -0.199. The van der Waals surface area contributed by atoms with Crippen molar-refractivity contribution in [2.75, 3.05) is 36.9 Å². The monoisotopic (exact) mass is 383 g/mol. The number of benzene rings is 1. The third-order valence-corrected chi connectivity index (χ3v) is 5.23. The summed E-state index contributed by atoms with van der Waals surface area (Å²) in [5.74, 6) is 0.0499. The molecule has 1 fully saturated rings. The van der Waals surface area contributed by atoms with Gasteiger partial charge in [-0.2, -0.15) is 0 Å². The van der Waals surface area contributed by atoms with Gasteiger partial charge in [-0.3, -0.25) is 4.79 Å².